The van der Waals surface area contributed by atoms with E-state index in [1.807, 2.05) is 13.0 Å². The Kier molecular flexibility index (Phi) is 6.67. The van der Waals surface area contributed by atoms with Crippen molar-refractivity contribution in [3.63, 3.8) is 0 Å². The summed E-state index contributed by atoms with van der Waals surface area (Å²) in [5.74, 6) is 0.973. The molecule has 1 aromatic rings. The molecule has 1 aliphatic carbocycles. The second-order valence-corrected chi connectivity index (χ2v) is 8.30. The highest BCUT2D eigenvalue weighted by molar-refractivity contribution is 5.99. The van der Waals surface area contributed by atoms with Gasteiger partial charge in [0.2, 0.25) is 5.91 Å². The van der Waals surface area contributed by atoms with Crippen molar-refractivity contribution < 1.29 is 14.6 Å². The van der Waals surface area contributed by atoms with E-state index in [1.54, 1.807) is 38.1 Å². The number of pyridine rings is 1. The van der Waals surface area contributed by atoms with Crippen LogP contribution >= 0.6 is 0 Å². The lowest BCUT2D eigenvalue weighted by Gasteiger charge is -2.39. The largest absolute Gasteiger partial charge is 0.384 e. The van der Waals surface area contributed by atoms with Crippen LogP contribution in [-0.2, 0) is 15.1 Å². The zero-order valence-electron chi connectivity index (χ0n) is 18.2. The molecule has 2 N–H and O–H groups in total. The van der Waals surface area contributed by atoms with Crippen molar-refractivity contribution in [2.24, 2.45) is 9.98 Å². The molecule has 2 heterocycles. The topological polar surface area (TPSA) is 99.4 Å². The first-order valence-electron chi connectivity index (χ1n) is 10.3. The smallest absolute Gasteiger partial charge is 0.247 e. The third-order valence-corrected chi connectivity index (χ3v) is 5.70. The van der Waals surface area contributed by atoms with Gasteiger partial charge in [-0.25, -0.2) is 9.98 Å². The van der Waals surface area contributed by atoms with Gasteiger partial charge in [0.1, 0.15) is 5.60 Å². The summed E-state index contributed by atoms with van der Waals surface area (Å²) < 4.78 is 5.47. The molecule has 0 radical (unpaired) electrons. The maximum atomic E-state index is 12.8. The molecule has 30 heavy (non-hydrogen) atoms. The van der Waals surface area contributed by atoms with Crippen molar-refractivity contribution in [1.29, 1.82) is 0 Å². The molecule has 2 aliphatic rings. The van der Waals surface area contributed by atoms with E-state index in [0.717, 1.165) is 31.2 Å². The molecular weight excluding hydrogens is 382 g/mol. The highest BCUT2D eigenvalue weighted by atomic mass is 16.5. The molecule has 0 spiro atoms. The average molecular weight is 414 g/mol. The lowest BCUT2D eigenvalue weighted by Crippen LogP contribution is -2.49. The quantitative estimate of drug-likeness (QED) is 0.698. The van der Waals surface area contributed by atoms with Gasteiger partial charge in [0, 0.05) is 30.6 Å². The zero-order chi connectivity index (χ0) is 21.9. The third-order valence-electron chi connectivity index (χ3n) is 5.70. The number of nitrogens with one attached hydrogen (secondary N) is 1. The Morgan fingerprint density at radius 3 is 2.57 bits per heavy atom. The Labute approximate surface area is 177 Å². The van der Waals surface area contributed by atoms with Crippen LogP contribution in [0.1, 0.15) is 57.7 Å². The van der Waals surface area contributed by atoms with Crippen molar-refractivity contribution in [1.82, 2.24) is 15.2 Å². The van der Waals surface area contributed by atoms with Gasteiger partial charge in [0.25, 0.3) is 0 Å². The summed E-state index contributed by atoms with van der Waals surface area (Å²) in [6.45, 7) is 9.08. The van der Waals surface area contributed by atoms with Crippen LogP contribution in [0.25, 0.3) is 0 Å². The summed E-state index contributed by atoms with van der Waals surface area (Å²) in [5, 5.41) is 13.1. The van der Waals surface area contributed by atoms with E-state index >= 15 is 0 Å². The molecule has 0 unspecified atom stereocenters. The number of hydrogen-bond donors (Lipinski definition) is 2. The number of nitrogens with zero attached hydrogens (tertiary/aromatic N) is 4. The molecule has 1 aromatic heterocycles. The first-order valence-corrected chi connectivity index (χ1v) is 10.3. The second-order valence-electron chi connectivity index (χ2n) is 8.30. The van der Waals surface area contributed by atoms with E-state index < -0.39 is 5.60 Å². The van der Waals surface area contributed by atoms with Crippen LogP contribution in [0.2, 0.25) is 0 Å². The van der Waals surface area contributed by atoms with Gasteiger partial charge in [0.05, 0.1) is 18.3 Å². The zero-order valence-corrected chi connectivity index (χ0v) is 18.2. The summed E-state index contributed by atoms with van der Waals surface area (Å²) in [6, 6.07) is 3.71. The fourth-order valence-corrected chi connectivity index (χ4v) is 3.90. The van der Waals surface area contributed by atoms with Crippen molar-refractivity contribution >= 4 is 18.3 Å². The van der Waals surface area contributed by atoms with Gasteiger partial charge in [-0.1, -0.05) is 0 Å². The summed E-state index contributed by atoms with van der Waals surface area (Å²) in [6.07, 6.45) is 5.46. The molecule has 0 atom stereocenters. The predicted octanol–water partition coefficient (Wildman–Crippen LogP) is 2.33. The number of amides is 1. The van der Waals surface area contributed by atoms with Crippen LogP contribution in [0.3, 0.4) is 0 Å². The highest BCUT2D eigenvalue weighted by Gasteiger charge is 2.35. The molecule has 162 valence electrons. The van der Waals surface area contributed by atoms with E-state index in [0.29, 0.717) is 23.0 Å². The van der Waals surface area contributed by atoms with E-state index in [4.69, 9.17) is 9.73 Å². The van der Waals surface area contributed by atoms with Gasteiger partial charge in [-0.3, -0.25) is 14.7 Å². The number of aliphatic hydroxyl groups is 1. The van der Waals surface area contributed by atoms with Crippen LogP contribution < -0.4 is 5.32 Å². The van der Waals surface area contributed by atoms with Crippen molar-refractivity contribution in [2.45, 2.75) is 64.2 Å². The van der Waals surface area contributed by atoms with E-state index in [-0.39, 0.29) is 24.6 Å². The molecular formula is C22H31N5O3. The van der Waals surface area contributed by atoms with Crippen molar-refractivity contribution in [2.75, 3.05) is 13.7 Å². The number of ether oxygens (including phenoxy) is 1. The van der Waals surface area contributed by atoms with Crippen molar-refractivity contribution in [3.05, 3.63) is 41.2 Å². The molecule has 8 heteroatoms. The minimum absolute atomic E-state index is 0.0229. The highest BCUT2D eigenvalue weighted by Crippen LogP contribution is 2.30. The third kappa shape index (κ3) is 4.76. The van der Waals surface area contributed by atoms with Crippen LogP contribution in [0.15, 0.2) is 40.0 Å². The van der Waals surface area contributed by atoms with E-state index in [2.05, 4.69) is 22.0 Å². The molecule has 1 fully saturated rings. The fourth-order valence-electron chi connectivity index (χ4n) is 3.90. The Morgan fingerprint density at radius 1 is 1.33 bits per heavy atom. The maximum absolute atomic E-state index is 12.8. The Bertz CT molecular complexity index is 847. The van der Waals surface area contributed by atoms with Crippen LogP contribution in [-0.4, -0.2) is 59.1 Å². The lowest BCUT2D eigenvalue weighted by atomic mass is 9.91. The van der Waals surface area contributed by atoms with Crippen LogP contribution in [0.4, 0.5) is 0 Å². The maximum Gasteiger partial charge on any atom is 0.247 e. The van der Waals surface area contributed by atoms with Crippen LogP contribution in [0.5, 0.6) is 0 Å². The predicted molar refractivity (Wildman–Crippen MR) is 116 cm³/mol. The minimum atomic E-state index is -1.01. The molecule has 8 nitrogen and oxygen atoms in total. The number of aliphatic imine (C=N–C) groups is 2. The molecule has 1 saturated carbocycles. The molecule has 1 aliphatic heterocycles. The number of hydrogen-bond acceptors (Lipinski definition) is 7. The molecule has 1 amide bonds. The number of rotatable bonds is 6. The van der Waals surface area contributed by atoms with Gasteiger partial charge < -0.3 is 15.2 Å². The summed E-state index contributed by atoms with van der Waals surface area (Å²) in [5.41, 5.74) is 1.08. The second kappa shape index (κ2) is 9.06. The Balaban J connectivity index is 1.91. The van der Waals surface area contributed by atoms with Gasteiger partial charge >= 0.3 is 0 Å². The average Bonchev–Trinajstić information content (AvgIpc) is 2.74. The molecule has 0 saturated heterocycles. The molecule has 0 bridgehead atoms. The van der Waals surface area contributed by atoms with E-state index in [1.165, 1.54) is 0 Å². The standard InChI is InChI=1S/C22H31N5O3/c1-14(15-6-11-18(24-12-15)22(2,3)29)26-21-20(23-4)25-13-19(28)27(21)16-7-9-17(30-5)10-8-16/h6,11-12,16-17,25,29H,4,7-10,13H2,1-3,5H3. The first kappa shape index (κ1) is 22.1. The van der Waals surface area contributed by atoms with Gasteiger partial charge in [-0.05, 0) is 65.3 Å². The monoisotopic (exact) mass is 413 g/mol. The SMILES string of the molecule is C=NC1=C(N=C(C)c2ccc(C(C)(C)O)nc2)N(C2CCC(OC)CC2)C(=O)CN1. The Hall–Kier alpha value is -2.58. The minimum Gasteiger partial charge on any atom is -0.384 e. The normalized spacial score (nSPS) is 23.4. The number of carbonyl (C=O) groups excluding carboxylic acids is 1. The lowest BCUT2D eigenvalue weighted by molar-refractivity contribution is -0.132. The number of aromatic nitrogens is 1. The molecule has 0 aromatic carbocycles. The van der Waals surface area contributed by atoms with Gasteiger partial charge in [0.15, 0.2) is 11.6 Å². The molecule has 3 rings (SSSR count). The Morgan fingerprint density at radius 2 is 2.03 bits per heavy atom. The summed E-state index contributed by atoms with van der Waals surface area (Å²) in [7, 11) is 1.73. The van der Waals surface area contributed by atoms with Gasteiger partial charge in [-0.15, -0.1) is 0 Å². The first-order chi connectivity index (χ1) is 14.2. The van der Waals surface area contributed by atoms with Crippen molar-refractivity contribution in [3.8, 4) is 0 Å². The fraction of sp³-hybridized carbons (Fsp3) is 0.545. The number of carbonyl (C=O) groups is 1. The number of methoxy groups -OCH3 is 1. The van der Waals surface area contributed by atoms with E-state index in [9.17, 15) is 9.90 Å². The van der Waals surface area contributed by atoms with Crippen LogP contribution in [0, 0.1) is 0 Å². The summed E-state index contributed by atoms with van der Waals surface area (Å²) >= 11 is 0. The summed E-state index contributed by atoms with van der Waals surface area (Å²) in [4.78, 5) is 27.8. The van der Waals surface area contributed by atoms with Gasteiger partial charge in [-0.2, -0.15) is 0 Å².